The Morgan fingerprint density at radius 2 is 1.50 bits per heavy atom. The Morgan fingerprint density at radius 3 is 2.17 bits per heavy atom. The van der Waals surface area contributed by atoms with Gasteiger partial charge in [0.25, 0.3) is 0 Å². The van der Waals surface area contributed by atoms with E-state index in [1.54, 1.807) is 24.3 Å². The van der Waals surface area contributed by atoms with Gasteiger partial charge in [-0.25, -0.2) is 4.39 Å². The average Bonchev–Trinajstić information content (AvgIpc) is 2.75. The van der Waals surface area contributed by atoms with Crippen LogP contribution in [0.25, 0.3) is 11.0 Å². The van der Waals surface area contributed by atoms with E-state index in [-0.39, 0.29) is 18.8 Å². The maximum absolute atomic E-state index is 14.1. The molecular formula is C23H18ClFN2O3. The molecule has 0 atom stereocenters. The lowest BCUT2D eigenvalue weighted by Crippen LogP contribution is -2.42. The van der Waals surface area contributed by atoms with Gasteiger partial charge in [-0.15, -0.1) is 0 Å². The molecule has 1 aromatic heterocycles. The molecule has 3 aromatic carbocycles. The molecule has 0 aliphatic rings. The van der Waals surface area contributed by atoms with Gasteiger partial charge in [-0.2, -0.15) is 0 Å². The largest absolute Gasteiger partial charge is 0.494 e. The van der Waals surface area contributed by atoms with Crippen LogP contribution in [0.2, 0.25) is 5.02 Å². The molecule has 4 aromatic rings. The molecule has 0 unspecified atom stereocenters. The lowest BCUT2D eigenvalue weighted by molar-refractivity contribution is 0.386. The van der Waals surface area contributed by atoms with Crippen LogP contribution in [0, 0.1) is 5.82 Å². The molecule has 1 heterocycles. The summed E-state index contributed by atoms with van der Waals surface area (Å²) in [7, 11) is 1.38. The van der Waals surface area contributed by atoms with Crippen LogP contribution < -0.4 is 15.9 Å². The number of hydrogen-bond acceptors (Lipinski definition) is 3. The van der Waals surface area contributed by atoms with Crippen molar-refractivity contribution in [2.24, 2.45) is 0 Å². The minimum atomic E-state index is -0.697. The van der Waals surface area contributed by atoms with Gasteiger partial charge >= 0.3 is 11.1 Å². The molecule has 0 bridgehead atoms. The second kappa shape index (κ2) is 8.16. The number of aromatic nitrogens is 2. The quantitative estimate of drug-likeness (QED) is 0.454. The summed E-state index contributed by atoms with van der Waals surface area (Å²) in [5.74, 6) is -0.430. The molecule has 0 spiro atoms. The first kappa shape index (κ1) is 19.9. The van der Waals surface area contributed by atoms with Gasteiger partial charge in [-0.05, 0) is 41.5 Å². The number of hydrogen-bond donors (Lipinski definition) is 0. The standard InChI is InChI=1S/C23H18ClFN2O3/c1-30-21-10-7-16(11-18(21)25)14-27-20-12-17(24)8-9-19(20)26(22(28)23(27)29)13-15-5-3-2-4-6-15/h2-12H,13-14H2,1H3. The van der Waals surface area contributed by atoms with Gasteiger partial charge in [0.1, 0.15) is 0 Å². The van der Waals surface area contributed by atoms with E-state index in [9.17, 15) is 14.0 Å². The summed E-state index contributed by atoms with van der Waals surface area (Å²) in [6, 6.07) is 18.9. The molecule has 0 radical (unpaired) electrons. The fourth-order valence-corrected chi connectivity index (χ4v) is 3.63. The molecule has 0 N–H and O–H groups in total. The van der Waals surface area contributed by atoms with Crippen molar-refractivity contribution in [3.8, 4) is 5.75 Å². The van der Waals surface area contributed by atoms with E-state index in [4.69, 9.17) is 16.3 Å². The highest BCUT2D eigenvalue weighted by Gasteiger charge is 2.15. The molecule has 0 aliphatic carbocycles. The van der Waals surface area contributed by atoms with Crippen molar-refractivity contribution in [1.29, 1.82) is 0 Å². The number of ether oxygens (including phenoxy) is 1. The Kier molecular flexibility index (Phi) is 5.42. The second-order valence-electron chi connectivity index (χ2n) is 6.87. The van der Waals surface area contributed by atoms with Crippen LogP contribution in [0.3, 0.4) is 0 Å². The molecule has 30 heavy (non-hydrogen) atoms. The molecular weight excluding hydrogens is 407 g/mol. The predicted octanol–water partition coefficient (Wildman–Crippen LogP) is 4.06. The summed E-state index contributed by atoms with van der Waals surface area (Å²) in [5.41, 5.74) is 1.14. The van der Waals surface area contributed by atoms with E-state index < -0.39 is 16.9 Å². The topological polar surface area (TPSA) is 53.2 Å². The van der Waals surface area contributed by atoms with Crippen LogP contribution in [0.5, 0.6) is 5.75 Å². The van der Waals surface area contributed by atoms with E-state index in [1.165, 1.54) is 28.4 Å². The third-order valence-corrected chi connectivity index (χ3v) is 5.17. The van der Waals surface area contributed by atoms with Crippen molar-refractivity contribution >= 4 is 22.6 Å². The van der Waals surface area contributed by atoms with Gasteiger partial charge in [0.05, 0.1) is 31.2 Å². The van der Waals surface area contributed by atoms with Crippen LogP contribution in [-0.4, -0.2) is 16.2 Å². The van der Waals surface area contributed by atoms with Crippen molar-refractivity contribution < 1.29 is 9.13 Å². The van der Waals surface area contributed by atoms with Gasteiger partial charge < -0.3 is 4.74 Å². The lowest BCUT2D eigenvalue weighted by Gasteiger charge is -2.16. The van der Waals surface area contributed by atoms with Crippen molar-refractivity contribution in [1.82, 2.24) is 9.13 Å². The van der Waals surface area contributed by atoms with Crippen LogP contribution in [0.1, 0.15) is 11.1 Å². The molecule has 0 amide bonds. The van der Waals surface area contributed by atoms with Crippen molar-refractivity contribution in [3.05, 3.63) is 109 Å². The molecule has 0 saturated carbocycles. The van der Waals surface area contributed by atoms with Gasteiger partial charge in [0.2, 0.25) is 0 Å². The van der Waals surface area contributed by atoms with E-state index in [2.05, 4.69) is 0 Å². The SMILES string of the molecule is COc1ccc(Cn2c(=O)c(=O)n(Cc3ccccc3)c3ccc(Cl)cc32)cc1F. The monoisotopic (exact) mass is 424 g/mol. The van der Waals surface area contributed by atoms with Gasteiger partial charge in [-0.3, -0.25) is 18.7 Å². The van der Waals surface area contributed by atoms with Crippen LogP contribution in [-0.2, 0) is 13.1 Å². The Morgan fingerprint density at radius 1 is 0.833 bits per heavy atom. The third kappa shape index (κ3) is 3.74. The first-order valence-electron chi connectivity index (χ1n) is 9.27. The summed E-state index contributed by atoms with van der Waals surface area (Å²) in [6.07, 6.45) is 0. The maximum Gasteiger partial charge on any atom is 0.317 e. The maximum atomic E-state index is 14.1. The Bertz CT molecular complexity index is 1350. The highest BCUT2D eigenvalue weighted by Crippen LogP contribution is 2.21. The molecule has 0 saturated heterocycles. The molecule has 4 rings (SSSR count). The molecule has 7 heteroatoms. The Labute approximate surface area is 176 Å². The minimum Gasteiger partial charge on any atom is -0.494 e. The van der Waals surface area contributed by atoms with Gasteiger partial charge in [0.15, 0.2) is 11.6 Å². The number of benzene rings is 3. The highest BCUT2D eigenvalue weighted by atomic mass is 35.5. The van der Waals surface area contributed by atoms with E-state index >= 15 is 0 Å². The summed E-state index contributed by atoms with van der Waals surface area (Å²) in [6.45, 7) is 0.281. The van der Waals surface area contributed by atoms with E-state index in [1.807, 2.05) is 30.3 Å². The zero-order valence-electron chi connectivity index (χ0n) is 16.1. The summed E-state index contributed by atoms with van der Waals surface area (Å²) >= 11 is 6.18. The van der Waals surface area contributed by atoms with Gasteiger partial charge in [-0.1, -0.05) is 48.0 Å². The lowest BCUT2D eigenvalue weighted by atomic mass is 10.2. The number of halogens is 2. The average molecular weight is 425 g/mol. The molecule has 152 valence electrons. The fourth-order valence-electron chi connectivity index (χ4n) is 3.46. The first-order chi connectivity index (χ1) is 14.5. The van der Waals surface area contributed by atoms with Crippen molar-refractivity contribution in [3.63, 3.8) is 0 Å². The summed E-state index contributed by atoms with van der Waals surface area (Å²) in [4.78, 5) is 25.9. The summed E-state index contributed by atoms with van der Waals surface area (Å²) in [5, 5.41) is 0.432. The number of rotatable bonds is 5. The molecule has 5 nitrogen and oxygen atoms in total. The van der Waals surface area contributed by atoms with Crippen LogP contribution in [0.4, 0.5) is 4.39 Å². The van der Waals surface area contributed by atoms with E-state index in [0.29, 0.717) is 21.6 Å². The highest BCUT2D eigenvalue weighted by molar-refractivity contribution is 6.31. The summed E-state index contributed by atoms with van der Waals surface area (Å²) < 4.78 is 21.8. The smallest absolute Gasteiger partial charge is 0.317 e. The van der Waals surface area contributed by atoms with Crippen molar-refractivity contribution in [2.45, 2.75) is 13.1 Å². The third-order valence-electron chi connectivity index (χ3n) is 4.93. The first-order valence-corrected chi connectivity index (χ1v) is 9.65. The fraction of sp³-hybridized carbons (Fsp3) is 0.130. The molecule has 0 aliphatic heterocycles. The van der Waals surface area contributed by atoms with Gasteiger partial charge in [0, 0.05) is 5.02 Å². The van der Waals surface area contributed by atoms with Crippen LogP contribution in [0.15, 0.2) is 76.3 Å². The second-order valence-corrected chi connectivity index (χ2v) is 7.31. The Balaban J connectivity index is 1.89. The normalized spacial score (nSPS) is 11.0. The van der Waals surface area contributed by atoms with Crippen molar-refractivity contribution in [2.75, 3.05) is 7.11 Å². The number of methoxy groups -OCH3 is 1. The molecule has 0 fully saturated rings. The number of nitrogens with zero attached hydrogens (tertiary/aromatic N) is 2. The zero-order valence-corrected chi connectivity index (χ0v) is 16.9. The zero-order chi connectivity index (χ0) is 21.3. The van der Waals surface area contributed by atoms with Crippen LogP contribution >= 0.6 is 11.6 Å². The predicted molar refractivity (Wildman–Crippen MR) is 115 cm³/mol. The van der Waals surface area contributed by atoms with E-state index in [0.717, 1.165) is 5.56 Å². The minimum absolute atomic E-state index is 0.0258. The Hall–Kier alpha value is -3.38. The number of fused-ring (bicyclic) bond motifs is 1.